The van der Waals surface area contributed by atoms with E-state index >= 15 is 0 Å². The maximum Gasteiger partial charge on any atom is 0.282 e. The van der Waals surface area contributed by atoms with Gasteiger partial charge in [-0.05, 0) is 5.56 Å². The molecule has 0 fully saturated rings. The van der Waals surface area contributed by atoms with Crippen LogP contribution in [-0.4, -0.2) is 16.7 Å². The van der Waals surface area contributed by atoms with Crippen LogP contribution in [-0.2, 0) is 17.8 Å². The van der Waals surface area contributed by atoms with E-state index < -0.39 is 0 Å². The van der Waals surface area contributed by atoms with Crippen molar-refractivity contribution < 1.29 is 9.36 Å². The molecular weight excluding hydrogens is 274 g/mol. The fourth-order valence-electron chi connectivity index (χ4n) is 2.12. The summed E-state index contributed by atoms with van der Waals surface area (Å²) in [6.45, 7) is 8.31. The van der Waals surface area contributed by atoms with Gasteiger partial charge in [-0.1, -0.05) is 63.1 Å². The topological polar surface area (TPSA) is 38.2 Å². The highest BCUT2D eigenvalue weighted by Crippen LogP contribution is 2.14. The standard InChI is InChI=1S/C18H24N3O/c1-5-17-20(14-16(22)18(2,3)4)11-12-21(17)19-13-15-9-7-6-8-10-15/h6-13H,5,14H2,1-4H3/q+1/b19-13+. The van der Waals surface area contributed by atoms with Gasteiger partial charge in [0.2, 0.25) is 0 Å². The van der Waals surface area contributed by atoms with Crippen molar-refractivity contribution in [3.63, 3.8) is 0 Å². The summed E-state index contributed by atoms with van der Waals surface area (Å²) < 4.78 is 3.82. The summed E-state index contributed by atoms with van der Waals surface area (Å²) in [6.07, 6.45) is 6.46. The molecule has 4 heteroatoms. The quantitative estimate of drug-likeness (QED) is 0.618. The molecule has 0 saturated carbocycles. The summed E-state index contributed by atoms with van der Waals surface area (Å²) in [6, 6.07) is 9.97. The van der Waals surface area contributed by atoms with Gasteiger partial charge in [0.05, 0.1) is 6.21 Å². The lowest BCUT2D eigenvalue weighted by molar-refractivity contribution is -0.691. The number of ketones is 1. The highest BCUT2D eigenvalue weighted by atomic mass is 16.1. The molecule has 116 valence electrons. The number of nitrogens with zero attached hydrogens (tertiary/aromatic N) is 3. The number of benzene rings is 1. The van der Waals surface area contributed by atoms with Crippen LogP contribution in [0.3, 0.4) is 0 Å². The van der Waals surface area contributed by atoms with E-state index in [0.29, 0.717) is 6.54 Å². The molecule has 2 aromatic rings. The molecule has 0 N–H and O–H groups in total. The van der Waals surface area contributed by atoms with E-state index in [1.807, 2.05) is 79.0 Å². The zero-order valence-corrected chi connectivity index (χ0v) is 13.8. The van der Waals surface area contributed by atoms with Crippen molar-refractivity contribution in [2.45, 2.75) is 40.7 Å². The van der Waals surface area contributed by atoms with Gasteiger partial charge in [0.15, 0.2) is 12.0 Å². The molecule has 0 aliphatic heterocycles. The lowest BCUT2D eigenvalue weighted by Gasteiger charge is -2.15. The molecule has 22 heavy (non-hydrogen) atoms. The first-order valence-electron chi connectivity index (χ1n) is 7.64. The lowest BCUT2D eigenvalue weighted by Crippen LogP contribution is -2.43. The van der Waals surface area contributed by atoms with Crippen LogP contribution in [0.5, 0.6) is 0 Å². The van der Waals surface area contributed by atoms with Gasteiger partial charge in [0.1, 0.15) is 12.7 Å². The second-order valence-electron chi connectivity index (χ2n) is 6.37. The third-order valence-corrected chi connectivity index (χ3v) is 3.58. The van der Waals surface area contributed by atoms with E-state index in [4.69, 9.17) is 0 Å². The Morgan fingerprint density at radius 1 is 1.27 bits per heavy atom. The fraction of sp³-hybridized carbons (Fsp3) is 0.389. The molecule has 1 heterocycles. The largest absolute Gasteiger partial charge is 0.295 e. The first kappa shape index (κ1) is 16.1. The van der Waals surface area contributed by atoms with Crippen LogP contribution in [0.1, 0.15) is 39.1 Å². The molecule has 0 unspecified atom stereocenters. The van der Waals surface area contributed by atoms with Gasteiger partial charge >= 0.3 is 0 Å². The predicted octanol–water partition coefficient (Wildman–Crippen LogP) is 2.84. The maximum absolute atomic E-state index is 12.2. The van der Waals surface area contributed by atoms with Gasteiger partial charge in [-0.15, -0.1) is 4.68 Å². The highest BCUT2D eigenvalue weighted by Gasteiger charge is 2.26. The van der Waals surface area contributed by atoms with Crippen LogP contribution in [0, 0.1) is 5.41 Å². The third kappa shape index (κ3) is 3.91. The van der Waals surface area contributed by atoms with E-state index in [-0.39, 0.29) is 11.2 Å². The summed E-state index contributed by atoms with van der Waals surface area (Å²) in [5, 5.41) is 4.50. The molecule has 4 nitrogen and oxygen atoms in total. The molecule has 0 aliphatic rings. The minimum Gasteiger partial charge on any atom is -0.295 e. The summed E-state index contributed by atoms with van der Waals surface area (Å²) in [4.78, 5) is 12.2. The monoisotopic (exact) mass is 298 g/mol. The van der Waals surface area contributed by atoms with Gasteiger partial charge in [0, 0.05) is 11.8 Å². The SMILES string of the molecule is CCc1n(/N=C/c2ccccc2)cc[n+]1CC(=O)C(C)(C)C. The highest BCUT2D eigenvalue weighted by molar-refractivity contribution is 5.82. The minimum atomic E-state index is -0.326. The summed E-state index contributed by atoms with van der Waals surface area (Å²) in [7, 11) is 0. The Hall–Kier alpha value is -2.23. The molecule has 0 amide bonds. The van der Waals surface area contributed by atoms with Crippen molar-refractivity contribution >= 4 is 12.0 Å². The van der Waals surface area contributed by atoms with E-state index in [1.165, 1.54) is 0 Å². The molecule has 0 bridgehead atoms. The Morgan fingerprint density at radius 3 is 2.55 bits per heavy atom. The summed E-state index contributed by atoms with van der Waals surface area (Å²) >= 11 is 0. The van der Waals surface area contributed by atoms with Crippen LogP contribution < -0.4 is 4.57 Å². The zero-order valence-electron chi connectivity index (χ0n) is 13.8. The van der Waals surface area contributed by atoms with Crippen molar-refractivity contribution in [2.24, 2.45) is 10.5 Å². The Balaban J connectivity index is 2.21. The predicted molar refractivity (Wildman–Crippen MR) is 87.9 cm³/mol. The summed E-state index contributed by atoms with van der Waals surface area (Å²) in [5.41, 5.74) is 0.725. The number of carbonyl (C=O) groups excluding carboxylic acids is 1. The van der Waals surface area contributed by atoms with Crippen molar-refractivity contribution in [3.05, 3.63) is 54.1 Å². The van der Waals surface area contributed by atoms with Gasteiger partial charge in [-0.3, -0.25) is 4.79 Å². The molecule has 0 radical (unpaired) electrons. The zero-order chi connectivity index (χ0) is 16.2. The second-order valence-corrected chi connectivity index (χ2v) is 6.37. The molecule has 1 aromatic heterocycles. The number of carbonyl (C=O) groups is 1. The second kappa shape index (κ2) is 6.69. The Morgan fingerprint density at radius 2 is 1.95 bits per heavy atom. The molecule has 0 spiro atoms. The van der Waals surface area contributed by atoms with Crippen LogP contribution in [0.2, 0.25) is 0 Å². The van der Waals surface area contributed by atoms with E-state index in [1.54, 1.807) is 0 Å². The third-order valence-electron chi connectivity index (χ3n) is 3.58. The Kier molecular flexibility index (Phi) is 4.91. The first-order valence-corrected chi connectivity index (χ1v) is 7.64. The summed E-state index contributed by atoms with van der Waals surface area (Å²) in [5.74, 6) is 1.24. The Labute approximate surface area is 132 Å². The number of aromatic nitrogens is 2. The van der Waals surface area contributed by atoms with Gasteiger partial charge in [0.25, 0.3) is 5.82 Å². The normalized spacial score (nSPS) is 12.0. The smallest absolute Gasteiger partial charge is 0.282 e. The van der Waals surface area contributed by atoms with Crippen LogP contribution >= 0.6 is 0 Å². The molecule has 0 atom stereocenters. The van der Waals surface area contributed by atoms with Crippen LogP contribution in [0.4, 0.5) is 0 Å². The van der Waals surface area contributed by atoms with Gasteiger partial charge in [-0.2, -0.15) is 0 Å². The average Bonchev–Trinajstić information content (AvgIpc) is 2.87. The molecule has 2 rings (SSSR count). The first-order chi connectivity index (χ1) is 10.4. The Bertz CT molecular complexity index is 663. The van der Waals surface area contributed by atoms with Crippen molar-refractivity contribution in [1.82, 2.24) is 4.68 Å². The van der Waals surface area contributed by atoms with Crippen LogP contribution in [0.15, 0.2) is 47.8 Å². The van der Waals surface area contributed by atoms with Crippen molar-refractivity contribution in [1.29, 1.82) is 0 Å². The van der Waals surface area contributed by atoms with Crippen molar-refractivity contribution in [2.75, 3.05) is 0 Å². The lowest BCUT2D eigenvalue weighted by atomic mass is 9.91. The van der Waals surface area contributed by atoms with E-state index in [0.717, 1.165) is 17.8 Å². The average molecular weight is 298 g/mol. The number of rotatable bonds is 5. The minimum absolute atomic E-state index is 0.219. The molecule has 1 aromatic carbocycles. The van der Waals surface area contributed by atoms with Crippen molar-refractivity contribution in [3.8, 4) is 0 Å². The van der Waals surface area contributed by atoms with E-state index in [2.05, 4.69) is 12.0 Å². The molecular formula is C18H24N3O+. The van der Waals surface area contributed by atoms with Crippen LogP contribution in [0.25, 0.3) is 0 Å². The fourth-order valence-corrected chi connectivity index (χ4v) is 2.12. The number of hydrogen-bond donors (Lipinski definition) is 0. The number of imidazole rings is 1. The molecule has 0 aliphatic carbocycles. The van der Waals surface area contributed by atoms with Gasteiger partial charge in [-0.25, -0.2) is 4.57 Å². The number of Topliss-reactive ketones (excluding diaryl/α,β-unsaturated/α-hetero) is 1. The van der Waals surface area contributed by atoms with E-state index in [9.17, 15) is 4.79 Å². The number of hydrogen-bond acceptors (Lipinski definition) is 2. The van der Waals surface area contributed by atoms with Gasteiger partial charge < -0.3 is 0 Å². The maximum atomic E-state index is 12.2. The molecule has 0 saturated heterocycles.